The number of carboxylic acids is 1. The lowest BCUT2D eigenvalue weighted by Gasteiger charge is -1.94. The van der Waals surface area contributed by atoms with Crippen molar-refractivity contribution in [3.8, 4) is 0 Å². The van der Waals surface area contributed by atoms with Crippen LogP contribution in [0.1, 0.15) is 16.1 Å². The third-order valence-electron chi connectivity index (χ3n) is 1.64. The van der Waals surface area contributed by atoms with E-state index < -0.39 is 5.97 Å². The predicted octanol–water partition coefficient (Wildman–Crippen LogP) is 1.01. The summed E-state index contributed by atoms with van der Waals surface area (Å²) in [6, 6.07) is 3.21. The van der Waals surface area contributed by atoms with Crippen molar-refractivity contribution in [1.82, 2.24) is 10.3 Å². The molecular formula is C10H12N2O2. The van der Waals surface area contributed by atoms with E-state index in [1.165, 1.54) is 12.3 Å². The molecule has 0 aromatic carbocycles. The van der Waals surface area contributed by atoms with Crippen molar-refractivity contribution >= 4 is 12.0 Å². The molecule has 4 heteroatoms. The van der Waals surface area contributed by atoms with Crippen molar-refractivity contribution in [1.29, 1.82) is 0 Å². The largest absolute Gasteiger partial charge is 0.478 e. The van der Waals surface area contributed by atoms with E-state index in [2.05, 4.69) is 10.3 Å². The Kier molecular flexibility index (Phi) is 3.82. The first-order chi connectivity index (χ1) is 6.74. The second kappa shape index (κ2) is 5.14. The highest BCUT2D eigenvalue weighted by Crippen LogP contribution is 2.01. The van der Waals surface area contributed by atoms with Crippen LogP contribution in [0.2, 0.25) is 0 Å². The van der Waals surface area contributed by atoms with Crippen molar-refractivity contribution in [2.45, 2.75) is 0 Å². The molecule has 0 aliphatic heterocycles. The molecule has 0 radical (unpaired) electrons. The summed E-state index contributed by atoms with van der Waals surface area (Å²) >= 11 is 0. The number of aromatic nitrogens is 1. The number of hydrogen-bond donors (Lipinski definition) is 2. The van der Waals surface area contributed by atoms with E-state index in [4.69, 9.17) is 5.11 Å². The minimum Gasteiger partial charge on any atom is -0.478 e. The van der Waals surface area contributed by atoms with Crippen LogP contribution < -0.4 is 5.32 Å². The second-order valence-electron chi connectivity index (χ2n) is 2.74. The van der Waals surface area contributed by atoms with Gasteiger partial charge in [0.1, 0.15) is 0 Å². The zero-order valence-electron chi connectivity index (χ0n) is 7.90. The Labute approximate surface area is 82.3 Å². The van der Waals surface area contributed by atoms with Crippen LogP contribution in [0.25, 0.3) is 6.08 Å². The Morgan fingerprint density at radius 1 is 1.64 bits per heavy atom. The van der Waals surface area contributed by atoms with Crippen LogP contribution in [-0.2, 0) is 0 Å². The van der Waals surface area contributed by atoms with E-state index in [-0.39, 0.29) is 5.56 Å². The van der Waals surface area contributed by atoms with Gasteiger partial charge in [0.05, 0.1) is 11.3 Å². The number of aromatic carboxylic acids is 1. The van der Waals surface area contributed by atoms with E-state index >= 15 is 0 Å². The minimum absolute atomic E-state index is 0.204. The van der Waals surface area contributed by atoms with Crippen LogP contribution in [0.4, 0.5) is 0 Å². The molecule has 1 aromatic heterocycles. The number of rotatable bonds is 4. The molecule has 1 heterocycles. The van der Waals surface area contributed by atoms with Gasteiger partial charge in [0.25, 0.3) is 0 Å². The quantitative estimate of drug-likeness (QED) is 0.747. The van der Waals surface area contributed by atoms with Gasteiger partial charge in [-0.25, -0.2) is 4.79 Å². The first-order valence-corrected chi connectivity index (χ1v) is 4.24. The second-order valence-corrected chi connectivity index (χ2v) is 2.74. The lowest BCUT2D eigenvalue weighted by Crippen LogP contribution is -2.03. The van der Waals surface area contributed by atoms with Gasteiger partial charge in [-0.3, -0.25) is 4.98 Å². The molecule has 0 aliphatic carbocycles. The monoisotopic (exact) mass is 192 g/mol. The molecular weight excluding hydrogens is 180 g/mol. The molecule has 0 amide bonds. The normalized spacial score (nSPS) is 10.6. The van der Waals surface area contributed by atoms with Crippen molar-refractivity contribution in [3.63, 3.8) is 0 Å². The molecule has 0 saturated heterocycles. The van der Waals surface area contributed by atoms with E-state index in [0.29, 0.717) is 0 Å². The molecule has 14 heavy (non-hydrogen) atoms. The molecule has 2 N–H and O–H groups in total. The first kappa shape index (κ1) is 10.4. The van der Waals surface area contributed by atoms with Crippen molar-refractivity contribution in [3.05, 3.63) is 35.7 Å². The number of pyridine rings is 1. The minimum atomic E-state index is -0.955. The summed E-state index contributed by atoms with van der Waals surface area (Å²) in [5, 5.41) is 11.6. The maximum Gasteiger partial charge on any atom is 0.337 e. The number of nitrogens with one attached hydrogen (secondary N) is 1. The molecule has 0 bridgehead atoms. The fourth-order valence-electron chi connectivity index (χ4n) is 0.928. The summed E-state index contributed by atoms with van der Waals surface area (Å²) in [5.41, 5.74) is 0.959. The smallest absolute Gasteiger partial charge is 0.337 e. The molecule has 4 nitrogen and oxygen atoms in total. The third kappa shape index (κ3) is 2.99. The molecule has 0 atom stereocenters. The maximum absolute atomic E-state index is 10.5. The average molecular weight is 192 g/mol. The Balaban J connectivity index is 2.68. The highest BCUT2D eigenvalue weighted by atomic mass is 16.4. The van der Waals surface area contributed by atoms with E-state index in [1.54, 1.807) is 6.07 Å². The zero-order valence-corrected chi connectivity index (χ0v) is 7.90. The summed E-state index contributed by atoms with van der Waals surface area (Å²) in [6.07, 6.45) is 5.10. The standard InChI is InChI=1S/C10H12N2O2/c1-11-6-2-3-9-5-4-8(7-12-9)10(13)14/h2-5,7,11H,6H2,1H3,(H,13,14). The number of likely N-dealkylation sites (N-methyl/N-ethyl adjacent to an activating group) is 1. The third-order valence-corrected chi connectivity index (χ3v) is 1.64. The van der Waals surface area contributed by atoms with Gasteiger partial charge in [-0.1, -0.05) is 6.08 Å². The van der Waals surface area contributed by atoms with Gasteiger partial charge in [-0.05, 0) is 25.3 Å². The highest BCUT2D eigenvalue weighted by Gasteiger charge is 2.00. The van der Waals surface area contributed by atoms with Gasteiger partial charge < -0.3 is 10.4 Å². The van der Waals surface area contributed by atoms with Crippen molar-refractivity contribution < 1.29 is 9.90 Å². The summed E-state index contributed by atoms with van der Waals surface area (Å²) in [4.78, 5) is 14.5. The maximum atomic E-state index is 10.5. The van der Waals surface area contributed by atoms with Crippen molar-refractivity contribution in [2.75, 3.05) is 13.6 Å². The van der Waals surface area contributed by atoms with Gasteiger partial charge in [0.2, 0.25) is 0 Å². The van der Waals surface area contributed by atoms with Crippen LogP contribution in [0.5, 0.6) is 0 Å². The molecule has 0 aliphatic rings. The summed E-state index contributed by atoms with van der Waals surface area (Å²) < 4.78 is 0. The lowest BCUT2D eigenvalue weighted by atomic mass is 10.2. The predicted molar refractivity (Wildman–Crippen MR) is 54.2 cm³/mol. The van der Waals surface area contributed by atoms with Gasteiger partial charge >= 0.3 is 5.97 Å². The van der Waals surface area contributed by atoms with Gasteiger partial charge in [0.15, 0.2) is 0 Å². The molecule has 1 rings (SSSR count). The summed E-state index contributed by atoms with van der Waals surface area (Å²) in [6.45, 7) is 0.766. The van der Waals surface area contributed by atoms with Gasteiger partial charge in [-0.15, -0.1) is 0 Å². The van der Waals surface area contributed by atoms with E-state index in [9.17, 15) is 4.79 Å². The fourth-order valence-corrected chi connectivity index (χ4v) is 0.928. The Morgan fingerprint density at radius 2 is 2.43 bits per heavy atom. The van der Waals surface area contributed by atoms with Crippen molar-refractivity contribution in [2.24, 2.45) is 0 Å². The number of carboxylic acid groups (broad SMARTS) is 1. The summed E-state index contributed by atoms with van der Waals surface area (Å²) in [5.74, 6) is -0.955. The van der Waals surface area contributed by atoms with Crippen LogP contribution in [0, 0.1) is 0 Å². The van der Waals surface area contributed by atoms with Gasteiger partial charge in [-0.2, -0.15) is 0 Å². The molecule has 0 unspecified atom stereocenters. The zero-order chi connectivity index (χ0) is 10.4. The first-order valence-electron chi connectivity index (χ1n) is 4.24. The van der Waals surface area contributed by atoms with Crippen LogP contribution in [0.15, 0.2) is 24.4 Å². The van der Waals surface area contributed by atoms with Crippen LogP contribution in [0.3, 0.4) is 0 Å². The average Bonchev–Trinajstić information content (AvgIpc) is 2.19. The molecule has 74 valence electrons. The molecule has 1 aromatic rings. The lowest BCUT2D eigenvalue weighted by molar-refractivity contribution is 0.0696. The van der Waals surface area contributed by atoms with Crippen LogP contribution >= 0.6 is 0 Å². The number of nitrogens with zero attached hydrogens (tertiary/aromatic N) is 1. The highest BCUT2D eigenvalue weighted by molar-refractivity contribution is 5.87. The van der Waals surface area contributed by atoms with Crippen LogP contribution in [-0.4, -0.2) is 29.7 Å². The molecule has 0 spiro atoms. The van der Waals surface area contributed by atoms with E-state index in [0.717, 1.165) is 12.2 Å². The Morgan fingerprint density at radius 3 is 2.93 bits per heavy atom. The topological polar surface area (TPSA) is 62.2 Å². The fraction of sp³-hybridized carbons (Fsp3) is 0.200. The molecule has 0 fully saturated rings. The SMILES string of the molecule is CNCC=Cc1ccc(C(=O)O)cn1. The molecule has 0 saturated carbocycles. The number of hydrogen-bond acceptors (Lipinski definition) is 3. The summed E-state index contributed by atoms with van der Waals surface area (Å²) in [7, 11) is 1.85. The van der Waals surface area contributed by atoms with Gasteiger partial charge in [0, 0.05) is 12.7 Å². The Hall–Kier alpha value is -1.68. The number of carbonyl (C=O) groups is 1. The Bertz CT molecular complexity index is 330. The van der Waals surface area contributed by atoms with E-state index in [1.807, 2.05) is 19.2 Å².